The number of anilines is 2. The van der Waals surface area contributed by atoms with E-state index in [-0.39, 0.29) is 5.56 Å². The molecule has 0 saturated heterocycles. The minimum Gasteiger partial charge on any atom is -0.366 e. The van der Waals surface area contributed by atoms with Crippen LogP contribution in [0.2, 0.25) is 5.02 Å². The second kappa shape index (κ2) is 6.83. The summed E-state index contributed by atoms with van der Waals surface area (Å²) in [6.45, 7) is 2.15. The van der Waals surface area contributed by atoms with Crippen LogP contribution in [0.25, 0.3) is 0 Å². The van der Waals surface area contributed by atoms with Gasteiger partial charge in [0.05, 0.1) is 10.6 Å². The number of amides is 1. The number of nitrogens with two attached hydrogens (primary N) is 1. The van der Waals surface area contributed by atoms with Crippen molar-refractivity contribution in [2.24, 2.45) is 5.73 Å². The third kappa shape index (κ3) is 3.89. The zero-order valence-electron chi connectivity index (χ0n) is 11.8. The van der Waals surface area contributed by atoms with E-state index in [9.17, 15) is 4.79 Å². The van der Waals surface area contributed by atoms with E-state index in [2.05, 4.69) is 35.6 Å². The predicted octanol–water partition coefficient (Wildman–Crippen LogP) is 4.00. The van der Waals surface area contributed by atoms with Crippen molar-refractivity contribution in [1.82, 2.24) is 4.98 Å². The van der Waals surface area contributed by atoms with Gasteiger partial charge in [-0.1, -0.05) is 23.7 Å². The third-order valence-electron chi connectivity index (χ3n) is 3.10. The highest BCUT2D eigenvalue weighted by atomic mass is 35.5. The largest absolute Gasteiger partial charge is 0.366 e. The maximum Gasteiger partial charge on any atom is 0.250 e. The number of thioether (sulfide) groups is 1. The molecule has 0 radical (unpaired) electrons. The van der Waals surface area contributed by atoms with Gasteiger partial charge in [0, 0.05) is 17.1 Å². The number of nitrogens with one attached hydrogen (secondary N) is 1. The first-order valence-electron chi connectivity index (χ1n) is 6.36. The van der Waals surface area contributed by atoms with Crippen LogP contribution in [0.3, 0.4) is 0 Å². The first-order valence-corrected chi connectivity index (χ1v) is 8.03. The molecular weight excluding hydrogens is 306 g/mol. The molecule has 6 heteroatoms. The minimum atomic E-state index is -0.549. The van der Waals surface area contributed by atoms with Crippen LogP contribution in [0.5, 0.6) is 0 Å². The molecule has 0 aliphatic heterocycles. The normalized spacial score (nSPS) is 12.0. The molecule has 21 heavy (non-hydrogen) atoms. The molecule has 2 rings (SSSR count). The number of aromatic nitrogens is 1. The van der Waals surface area contributed by atoms with Crippen LogP contribution in [0.1, 0.15) is 28.1 Å². The van der Waals surface area contributed by atoms with E-state index >= 15 is 0 Å². The SMILES string of the molecule is CSC(C)c1cccc(Nc2ncc(C(N)=O)cc2Cl)c1. The van der Waals surface area contributed by atoms with Crippen molar-refractivity contribution in [2.75, 3.05) is 11.6 Å². The Hall–Kier alpha value is -1.72. The third-order valence-corrected chi connectivity index (χ3v) is 4.37. The summed E-state index contributed by atoms with van der Waals surface area (Å²) in [5, 5.41) is 3.92. The summed E-state index contributed by atoms with van der Waals surface area (Å²) in [5.74, 6) is -0.0534. The van der Waals surface area contributed by atoms with Gasteiger partial charge in [-0.15, -0.1) is 0 Å². The molecule has 0 aliphatic carbocycles. The number of pyridine rings is 1. The molecule has 0 fully saturated rings. The van der Waals surface area contributed by atoms with Gasteiger partial charge < -0.3 is 11.1 Å². The molecular formula is C15H16ClN3OS. The van der Waals surface area contributed by atoms with Crippen molar-refractivity contribution < 1.29 is 4.79 Å². The van der Waals surface area contributed by atoms with Crippen molar-refractivity contribution in [3.63, 3.8) is 0 Å². The van der Waals surface area contributed by atoms with Gasteiger partial charge in [-0.3, -0.25) is 4.79 Å². The molecule has 0 bridgehead atoms. The van der Waals surface area contributed by atoms with Crippen molar-refractivity contribution in [2.45, 2.75) is 12.2 Å². The fourth-order valence-electron chi connectivity index (χ4n) is 1.81. The van der Waals surface area contributed by atoms with Gasteiger partial charge in [0.1, 0.15) is 5.82 Å². The monoisotopic (exact) mass is 321 g/mol. The van der Waals surface area contributed by atoms with E-state index in [0.29, 0.717) is 16.1 Å². The van der Waals surface area contributed by atoms with Gasteiger partial charge in [0.2, 0.25) is 5.91 Å². The molecule has 4 nitrogen and oxygen atoms in total. The van der Waals surface area contributed by atoms with Crippen LogP contribution in [0.4, 0.5) is 11.5 Å². The average Bonchev–Trinajstić information content (AvgIpc) is 2.48. The highest BCUT2D eigenvalue weighted by Crippen LogP contribution is 2.29. The molecule has 3 N–H and O–H groups in total. The van der Waals surface area contributed by atoms with E-state index in [1.54, 1.807) is 11.8 Å². The van der Waals surface area contributed by atoms with Crippen LogP contribution in [-0.2, 0) is 0 Å². The lowest BCUT2D eigenvalue weighted by molar-refractivity contribution is 0.1000. The van der Waals surface area contributed by atoms with E-state index in [0.717, 1.165) is 5.69 Å². The minimum absolute atomic E-state index is 0.287. The fraction of sp³-hybridized carbons (Fsp3) is 0.200. The Kier molecular flexibility index (Phi) is 5.09. The van der Waals surface area contributed by atoms with E-state index in [1.807, 2.05) is 12.1 Å². The summed E-state index contributed by atoms with van der Waals surface area (Å²) >= 11 is 7.90. The standard InChI is InChI=1S/C15H16ClN3OS/c1-9(21-2)10-4-3-5-12(6-10)19-15-13(16)7-11(8-18-15)14(17)20/h3-9H,1-2H3,(H2,17,20)(H,18,19). The number of rotatable bonds is 5. The summed E-state index contributed by atoms with van der Waals surface area (Å²) in [4.78, 5) is 15.2. The predicted molar refractivity (Wildman–Crippen MR) is 89.4 cm³/mol. The number of hydrogen-bond donors (Lipinski definition) is 2. The molecule has 110 valence electrons. The Bertz CT molecular complexity index is 663. The lowest BCUT2D eigenvalue weighted by Crippen LogP contribution is -2.11. The lowest BCUT2D eigenvalue weighted by Gasteiger charge is -2.12. The topological polar surface area (TPSA) is 68.0 Å². The Morgan fingerprint density at radius 2 is 2.19 bits per heavy atom. The lowest BCUT2D eigenvalue weighted by atomic mass is 10.1. The summed E-state index contributed by atoms with van der Waals surface area (Å²) in [6, 6.07) is 9.57. The molecule has 0 saturated carbocycles. The number of primary amides is 1. The molecule has 1 aromatic heterocycles. The van der Waals surface area contributed by atoms with E-state index < -0.39 is 5.91 Å². The van der Waals surface area contributed by atoms with E-state index in [4.69, 9.17) is 17.3 Å². The molecule has 2 aromatic rings. The van der Waals surface area contributed by atoms with Crippen LogP contribution in [0, 0.1) is 0 Å². The van der Waals surface area contributed by atoms with Crippen LogP contribution in [-0.4, -0.2) is 17.1 Å². The molecule has 1 unspecified atom stereocenters. The molecule has 0 spiro atoms. The van der Waals surface area contributed by atoms with Gasteiger partial charge in [0.15, 0.2) is 0 Å². The smallest absolute Gasteiger partial charge is 0.250 e. The molecule has 1 aromatic carbocycles. The number of nitrogens with zero attached hydrogens (tertiary/aromatic N) is 1. The van der Waals surface area contributed by atoms with Crippen molar-refractivity contribution >= 4 is 40.8 Å². The van der Waals surface area contributed by atoms with Crippen molar-refractivity contribution in [3.05, 3.63) is 52.7 Å². The highest BCUT2D eigenvalue weighted by Gasteiger charge is 2.09. The Balaban J connectivity index is 2.24. The first kappa shape index (κ1) is 15.7. The van der Waals surface area contributed by atoms with Crippen LogP contribution >= 0.6 is 23.4 Å². The highest BCUT2D eigenvalue weighted by molar-refractivity contribution is 7.98. The Labute approximate surface area is 133 Å². The van der Waals surface area contributed by atoms with Crippen LogP contribution in [0.15, 0.2) is 36.5 Å². The zero-order valence-corrected chi connectivity index (χ0v) is 13.3. The summed E-state index contributed by atoms with van der Waals surface area (Å²) in [5.41, 5.74) is 7.60. The summed E-state index contributed by atoms with van der Waals surface area (Å²) < 4.78 is 0. The van der Waals surface area contributed by atoms with Gasteiger partial charge in [0.25, 0.3) is 0 Å². The fourth-order valence-corrected chi connectivity index (χ4v) is 2.44. The molecule has 1 amide bonds. The molecule has 1 atom stereocenters. The Morgan fingerprint density at radius 3 is 2.81 bits per heavy atom. The van der Waals surface area contributed by atoms with Crippen molar-refractivity contribution in [3.8, 4) is 0 Å². The van der Waals surface area contributed by atoms with Crippen LogP contribution < -0.4 is 11.1 Å². The number of halogens is 1. The average molecular weight is 322 g/mol. The van der Waals surface area contributed by atoms with Gasteiger partial charge in [-0.05, 0) is 36.9 Å². The van der Waals surface area contributed by atoms with E-state index in [1.165, 1.54) is 17.8 Å². The number of carbonyl (C=O) groups is 1. The molecule has 0 aliphatic rings. The van der Waals surface area contributed by atoms with Gasteiger partial charge in [-0.2, -0.15) is 11.8 Å². The number of carbonyl (C=O) groups excluding carboxylic acids is 1. The first-order chi connectivity index (χ1) is 10.0. The number of hydrogen-bond acceptors (Lipinski definition) is 4. The second-order valence-corrected chi connectivity index (χ2v) is 6.13. The Morgan fingerprint density at radius 1 is 1.43 bits per heavy atom. The summed E-state index contributed by atoms with van der Waals surface area (Å²) in [7, 11) is 0. The van der Waals surface area contributed by atoms with Gasteiger partial charge in [-0.25, -0.2) is 4.98 Å². The number of benzene rings is 1. The molecule has 1 heterocycles. The maximum atomic E-state index is 11.1. The zero-order chi connectivity index (χ0) is 15.4. The second-order valence-electron chi connectivity index (χ2n) is 4.55. The van der Waals surface area contributed by atoms with Gasteiger partial charge >= 0.3 is 0 Å². The summed E-state index contributed by atoms with van der Waals surface area (Å²) in [6.07, 6.45) is 3.48. The maximum absolute atomic E-state index is 11.1. The van der Waals surface area contributed by atoms with Crippen molar-refractivity contribution in [1.29, 1.82) is 0 Å². The quantitative estimate of drug-likeness (QED) is 0.873.